The Balaban J connectivity index is 4.06. The van der Waals surface area contributed by atoms with Crippen LogP contribution in [0.1, 0.15) is 245 Å². The predicted molar refractivity (Wildman–Crippen MR) is 332 cm³/mol. The molecule has 9 nitrogen and oxygen atoms in total. The largest absolute Gasteiger partial charge is 0.756 e. The lowest BCUT2D eigenvalue weighted by atomic mass is 10.0. The zero-order valence-corrected chi connectivity index (χ0v) is 51.5. The fourth-order valence-corrected chi connectivity index (χ4v) is 8.97. The van der Waals surface area contributed by atoms with Crippen molar-refractivity contribution in [2.24, 2.45) is 0 Å². The predicted octanol–water partition coefficient (Wildman–Crippen LogP) is 19.3. The minimum absolute atomic E-state index is 0.0372. The van der Waals surface area contributed by atoms with Gasteiger partial charge in [-0.2, -0.15) is 0 Å². The van der Waals surface area contributed by atoms with Gasteiger partial charge in [0.2, 0.25) is 0 Å². The molecule has 446 valence electrons. The van der Waals surface area contributed by atoms with E-state index in [4.69, 9.17) is 18.5 Å². The lowest BCUT2D eigenvalue weighted by Gasteiger charge is -2.28. The highest BCUT2D eigenvalue weighted by atomic mass is 31.2. The van der Waals surface area contributed by atoms with Gasteiger partial charge in [-0.3, -0.25) is 14.2 Å². The van der Waals surface area contributed by atoms with Gasteiger partial charge in [-0.25, -0.2) is 0 Å². The highest BCUT2D eigenvalue weighted by Crippen LogP contribution is 2.38. The second-order valence-electron chi connectivity index (χ2n) is 21.7. The molecule has 0 saturated carbocycles. The van der Waals surface area contributed by atoms with Crippen LogP contribution in [-0.2, 0) is 32.7 Å². The molecule has 0 fully saturated rings. The number of ether oxygens (including phenoxy) is 2. The first-order valence-electron chi connectivity index (χ1n) is 31.2. The van der Waals surface area contributed by atoms with E-state index in [9.17, 15) is 19.0 Å². The number of phosphoric acid groups is 1. The van der Waals surface area contributed by atoms with Gasteiger partial charge < -0.3 is 27.9 Å². The van der Waals surface area contributed by atoms with Crippen LogP contribution >= 0.6 is 7.82 Å². The van der Waals surface area contributed by atoms with E-state index in [-0.39, 0.29) is 26.1 Å². The Labute approximate surface area is 479 Å². The van der Waals surface area contributed by atoms with E-state index in [1.165, 1.54) is 96.3 Å². The number of hydrogen-bond acceptors (Lipinski definition) is 8. The van der Waals surface area contributed by atoms with Crippen molar-refractivity contribution in [3.8, 4) is 0 Å². The van der Waals surface area contributed by atoms with Crippen LogP contribution in [0.3, 0.4) is 0 Å². The van der Waals surface area contributed by atoms with Gasteiger partial charge in [-0.1, -0.05) is 251 Å². The van der Waals surface area contributed by atoms with Gasteiger partial charge in [-0.15, -0.1) is 0 Å². The quantitative estimate of drug-likeness (QED) is 0.0195. The zero-order chi connectivity index (χ0) is 57.0. The Hall–Kier alpha value is -3.59. The number of carbonyl (C=O) groups is 2. The molecule has 0 rings (SSSR count). The molecule has 0 aromatic heterocycles. The Morgan fingerprint density at radius 3 is 1.03 bits per heavy atom. The smallest absolute Gasteiger partial charge is 0.306 e. The fourth-order valence-electron chi connectivity index (χ4n) is 8.24. The Bertz CT molecular complexity index is 1730. The summed E-state index contributed by atoms with van der Waals surface area (Å²) in [5, 5.41) is 0. The number of phosphoric ester groups is 1. The maximum atomic E-state index is 12.8. The van der Waals surface area contributed by atoms with Crippen LogP contribution in [0.2, 0.25) is 0 Å². The van der Waals surface area contributed by atoms with Crippen LogP contribution in [0.4, 0.5) is 0 Å². The number of rotatable bonds is 56. The van der Waals surface area contributed by atoms with Crippen molar-refractivity contribution >= 4 is 19.8 Å². The molecule has 78 heavy (non-hydrogen) atoms. The molecule has 0 spiro atoms. The summed E-state index contributed by atoms with van der Waals surface area (Å²) in [7, 11) is 1.15. The molecule has 2 atom stereocenters. The highest BCUT2D eigenvalue weighted by Gasteiger charge is 2.22. The van der Waals surface area contributed by atoms with E-state index in [0.29, 0.717) is 23.9 Å². The van der Waals surface area contributed by atoms with Crippen molar-refractivity contribution in [3.63, 3.8) is 0 Å². The average molecular weight is 1110 g/mol. The SMILES string of the molecule is CC/C=C\C/C=C\C/C=C\C/C=C\C/C=C\C/C=C\C/C=C\CCCCCCCCCCCCCCCCCC(=O)OC(COC(=O)CCCCCCCCC/C=C\C/C=C\C/C=C\CC)COP(=O)([O-])OCC[N+](C)(C)C. The molecule has 0 radical (unpaired) electrons. The highest BCUT2D eigenvalue weighted by molar-refractivity contribution is 7.45. The third kappa shape index (κ3) is 61.6. The molecule has 0 aliphatic rings. The summed E-state index contributed by atoms with van der Waals surface area (Å²) < 4.78 is 34.2. The molecule has 0 bridgehead atoms. The first-order chi connectivity index (χ1) is 38.0. The van der Waals surface area contributed by atoms with Gasteiger partial charge in [0, 0.05) is 12.8 Å². The van der Waals surface area contributed by atoms with Crippen LogP contribution < -0.4 is 4.89 Å². The third-order valence-corrected chi connectivity index (χ3v) is 13.9. The van der Waals surface area contributed by atoms with Gasteiger partial charge in [0.25, 0.3) is 7.82 Å². The van der Waals surface area contributed by atoms with E-state index in [0.717, 1.165) is 109 Å². The summed E-state index contributed by atoms with van der Waals surface area (Å²) >= 11 is 0. The second-order valence-corrected chi connectivity index (χ2v) is 23.1. The average Bonchev–Trinajstić information content (AvgIpc) is 3.41. The monoisotopic (exact) mass is 1110 g/mol. The van der Waals surface area contributed by atoms with E-state index in [1.54, 1.807) is 0 Å². The van der Waals surface area contributed by atoms with Crippen molar-refractivity contribution < 1.29 is 42.1 Å². The fraction of sp³-hybridized carbons (Fsp3) is 0.676. The first-order valence-corrected chi connectivity index (χ1v) is 32.7. The van der Waals surface area contributed by atoms with Crippen molar-refractivity contribution in [3.05, 3.63) is 122 Å². The number of allylic oxidation sites excluding steroid dienone is 20. The summed E-state index contributed by atoms with van der Waals surface area (Å²) in [6.07, 6.45) is 82.6. The molecule has 0 saturated heterocycles. The van der Waals surface area contributed by atoms with Crippen molar-refractivity contribution in [1.29, 1.82) is 0 Å². The second kappa shape index (κ2) is 58.1. The Morgan fingerprint density at radius 1 is 0.397 bits per heavy atom. The summed E-state index contributed by atoms with van der Waals surface area (Å²) in [5.74, 6) is -0.847. The van der Waals surface area contributed by atoms with Crippen molar-refractivity contribution in [2.45, 2.75) is 251 Å². The minimum Gasteiger partial charge on any atom is -0.756 e. The number of carbonyl (C=O) groups excluding carboxylic acids is 2. The van der Waals surface area contributed by atoms with Gasteiger partial charge in [0.15, 0.2) is 6.10 Å². The summed E-state index contributed by atoms with van der Waals surface area (Å²) in [4.78, 5) is 37.9. The van der Waals surface area contributed by atoms with E-state index >= 15 is 0 Å². The molecule has 0 aliphatic heterocycles. The standard InChI is InChI=1S/C68H116NO8P/c1-6-8-10-12-14-16-18-20-22-24-25-26-27-28-29-30-31-32-33-34-35-36-37-38-39-40-41-42-43-45-47-49-51-53-55-57-59-61-68(71)77-66(65-76-78(72,73)75-63-62-69(3,4)5)64-74-67(70)60-58-56-54-52-50-48-46-44-23-21-19-17-15-13-11-9-7-2/h8-11,14-17,20-23,25-26,28-29,31-32,34-35,66H,6-7,12-13,18-19,24,27,30,33,36-65H2,1-5H3/b10-8-,11-9-,16-14-,17-15-,22-20-,23-21-,26-25-,29-28-,32-31-,35-34-. The number of nitrogens with zero attached hydrogens (tertiary/aromatic N) is 1. The van der Waals surface area contributed by atoms with E-state index in [2.05, 4.69) is 135 Å². The molecule has 0 aliphatic carbocycles. The van der Waals surface area contributed by atoms with E-state index < -0.39 is 32.5 Å². The van der Waals surface area contributed by atoms with Crippen LogP contribution in [0.25, 0.3) is 0 Å². The molecular weight excluding hydrogens is 990 g/mol. The lowest BCUT2D eigenvalue weighted by molar-refractivity contribution is -0.870. The summed E-state index contributed by atoms with van der Waals surface area (Å²) in [6.45, 7) is 4.00. The molecule has 0 amide bonds. The van der Waals surface area contributed by atoms with Gasteiger partial charge in [-0.05, 0) is 103 Å². The third-order valence-electron chi connectivity index (χ3n) is 13.0. The topological polar surface area (TPSA) is 111 Å². The normalized spacial score (nSPS) is 14.1. The summed E-state index contributed by atoms with van der Waals surface area (Å²) in [6, 6.07) is 0. The maximum absolute atomic E-state index is 12.8. The number of likely N-dealkylation sites (N-methyl/N-ethyl adjacent to an activating group) is 1. The Kier molecular flexibility index (Phi) is 55.4. The first kappa shape index (κ1) is 74.4. The summed E-state index contributed by atoms with van der Waals surface area (Å²) in [5.41, 5.74) is 0. The van der Waals surface area contributed by atoms with Gasteiger partial charge in [0.1, 0.15) is 19.8 Å². The number of unbranched alkanes of at least 4 members (excludes halogenated alkanes) is 22. The maximum Gasteiger partial charge on any atom is 0.306 e. The van der Waals surface area contributed by atoms with E-state index in [1.807, 2.05) is 21.1 Å². The Morgan fingerprint density at radius 2 is 0.692 bits per heavy atom. The molecule has 0 aromatic carbocycles. The van der Waals surface area contributed by atoms with Gasteiger partial charge >= 0.3 is 11.9 Å². The van der Waals surface area contributed by atoms with Gasteiger partial charge in [0.05, 0.1) is 27.7 Å². The minimum atomic E-state index is -4.64. The number of hydrogen-bond donors (Lipinski definition) is 0. The molecular formula is C68H116NO8P. The number of esters is 2. The van der Waals surface area contributed by atoms with Crippen molar-refractivity contribution in [1.82, 2.24) is 0 Å². The molecule has 0 N–H and O–H groups in total. The zero-order valence-electron chi connectivity index (χ0n) is 50.6. The molecule has 2 unspecified atom stereocenters. The van der Waals surface area contributed by atoms with Crippen LogP contribution in [0.15, 0.2) is 122 Å². The van der Waals surface area contributed by atoms with Crippen LogP contribution in [-0.4, -0.2) is 70.0 Å². The molecule has 0 heterocycles. The number of quaternary nitrogens is 1. The van der Waals surface area contributed by atoms with Crippen LogP contribution in [0, 0.1) is 0 Å². The van der Waals surface area contributed by atoms with Crippen molar-refractivity contribution in [2.75, 3.05) is 47.5 Å². The molecule has 10 heteroatoms. The lowest BCUT2D eigenvalue weighted by Crippen LogP contribution is -2.37. The van der Waals surface area contributed by atoms with Crippen LogP contribution in [0.5, 0.6) is 0 Å². The molecule has 0 aromatic rings.